The van der Waals surface area contributed by atoms with Crippen molar-refractivity contribution in [1.82, 2.24) is 10.2 Å². The summed E-state index contributed by atoms with van der Waals surface area (Å²) >= 11 is 0. The lowest BCUT2D eigenvalue weighted by molar-refractivity contribution is -0.178. The Morgan fingerprint density at radius 1 is 1.20 bits per heavy atom. The van der Waals surface area contributed by atoms with Gasteiger partial charge in [0.2, 0.25) is 11.8 Å². The standard InChI is InChI=1S/C13H21F3N2O2/c1-4-7-9-10(19)17-12(5-2,6-3)11(20)18(9)8-13(14,15)16/h9H,4-8H2,1-3H3,(H,17,19). The van der Waals surface area contributed by atoms with Crippen LogP contribution in [-0.2, 0) is 9.59 Å². The van der Waals surface area contributed by atoms with Crippen LogP contribution in [0.2, 0.25) is 0 Å². The van der Waals surface area contributed by atoms with Crippen LogP contribution < -0.4 is 5.32 Å². The van der Waals surface area contributed by atoms with E-state index in [9.17, 15) is 22.8 Å². The van der Waals surface area contributed by atoms with E-state index in [1.165, 1.54) is 0 Å². The number of rotatable bonds is 5. The molecule has 1 aliphatic heterocycles. The minimum atomic E-state index is -4.51. The first-order valence-corrected chi connectivity index (χ1v) is 6.90. The summed E-state index contributed by atoms with van der Waals surface area (Å²) in [7, 11) is 0. The van der Waals surface area contributed by atoms with E-state index in [1.54, 1.807) is 20.8 Å². The average molecular weight is 294 g/mol. The third-order valence-corrected chi connectivity index (χ3v) is 3.83. The average Bonchev–Trinajstić information content (AvgIpc) is 2.36. The number of carbonyl (C=O) groups excluding carboxylic acids is 2. The van der Waals surface area contributed by atoms with E-state index in [0.29, 0.717) is 11.3 Å². The summed E-state index contributed by atoms with van der Waals surface area (Å²) in [6, 6.07) is -1.03. The second-order valence-electron chi connectivity index (χ2n) is 5.13. The number of hydrogen-bond acceptors (Lipinski definition) is 2. The molecule has 20 heavy (non-hydrogen) atoms. The van der Waals surface area contributed by atoms with Crippen molar-refractivity contribution in [3.05, 3.63) is 0 Å². The van der Waals surface area contributed by atoms with Gasteiger partial charge in [0, 0.05) is 0 Å². The van der Waals surface area contributed by atoms with E-state index < -0.39 is 36.1 Å². The Hall–Kier alpha value is -1.27. The molecule has 2 amide bonds. The Kier molecular flexibility index (Phi) is 5.05. The smallest absolute Gasteiger partial charge is 0.340 e. The zero-order chi connectivity index (χ0) is 15.6. The van der Waals surface area contributed by atoms with E-state index in [0.717, 1.165) is 0 Å². The lowest BCUT2D eigenvalue weighted by Gasteiger charge is -2.45. The molecule has 0 spiro atoms. The van der Waals surface area contributed by atoms with Gasteiger partial charge in [0.05, 0.1) is 0 Å². The molecule has 116 valence electrons. The predicted octanol–water partition coefficient (Wildman–Crippen LogP) is 2.23. The molecule has 0 aromatic heterocycles. The number of amides is 2. The highest BCUT2D eigenvalue weighted by molar-refractivity contribution is 5.99. The molecule has 1 rings (SSSR count). The molecular formula is C13H21F3N2O2. The Balaban J connectivity index is 3.13. The Labute approximate surface area is 116 Å². The molecule has 0 bridgehead atoms. The van der Waals surface area contributed by atoms with Gasteiger partial charge in [0.25, 0.3) is 0 Å². The molecule has 0 aromatic rings. The first-order chi connectivity index (χ1) is 9.20. The van der Waals surface area contributed by atoms with E-state index in [-0.39, 0.29) is 19.3 Å². The molecule has 1 heterocycles. The molecule has 1 unspecified atom stereocenters. The normalized spacial score (nSPS) is 22.9. The van der Waals surface area contributed by atoms with Gasteiger partial charge in [-0.2, -0.15) is 13.2 Å². The number of hydrogen-bond donors (Lipinski definition) is 1. The van der Waals surface area contributed by atoms with E-state index in [4.69, 9.17) is 0 Å². The van der Waals surface area contributed by atoms with Crippen LogP contribution in [0.4, 0.5) is 13.2 Å². The van der Waals surface area contributed by atoms with Crippen molar-refractivity contribution in [2.45, 2.75) is 64.2 Å². The quantitative estimate of drug-likeness (QED) is 0.845. The summed E-state index contributed by atoms with van der Waals surface area (Å²) in [4.78, 5) is 25.2. The summed E-state index contributed by atoms with van der Waals surface area (Å²) in [5.41, 5.74) is -1.20. The lowest BCUT2D eigenvalue weighted by atomic mass is 9.86. The maximum absolute atomic E-state index is 12.7. The monoisotopic (exact) mass is 294 g/mol. The zero-order valence-corrected chi connectivity index (χ0v) is 12.0. The fourth-order valence-electron chi connectivity index (χ4n) is 2.60. The molecule has 0 aromatic carbocycles. The van der Waals surface area contributed by atoms with Gasteiger partial charge >= 0.3 is 6.18 Å². The molecular weight excluding hydrogens is 273 g/mol. The van der Waals surface area contributed by atoms with Crippen molar-refractivity contribution in [2.24, 2.45) is 0 Å². The summed E-state index contributed by atoms with van der Waals surface area (Å²) in [6.07, 6.45) is -3.18. The van der Waals surface area contributed by atoms with Crippen LogP contribution in [0, 0.1) is 0 Å². The topological polar surface area (TPSA) is 49.4 Å². The van der Waals surface area contributed by atoms with Gasteiger partial charge in [-0.15, -0.1) is 0 Å². The highest BCUT2D eigenvalue weighted by atomic mass is 19.4. The van der Waals surface area contributed by atoms with Crippen molar-refractivity contribution in [1.29, 1.82) is 0 Å². The number of nitrogens with one attached hydrogen (secondary N) is 1. The molecule has 1 atom stereocenters. The van der Waals surface area contributed by atoms with Crippen LogP contribution in [0.3, 0.4) is 0 Å². The second kappa shape index (κ2) is 6.01. The second-order valence-corrected chi connectivity index (χ2v) is 5.13. The first-order valence-electron chi connectivity index (χ1n) is 6.90. The van der Waals surface area contributed by atoms with Crippen LogP contribution in [0.25, 0.3) is 0 Å². The number of alkyl halides is 3. The highest BCUT2D eigenvalue weighted by Crippen LogP contribution is 2.29. The highest BCUT2D eigenvalue weighted by Gasteiger charge is 2.51. The van der Waals surface area contributed by atoms with E-state index in [1.807, 2.05) is 0 Å². The number of halogens is 3. The van der Waals surface area contributed by atoms with Crippen molar-refractivity contribution in [3.8, 4) is 0 Å². The van der Waals surface area contributed by atoms with Crippen LogP contribution in [0.5, 0.6) is 0 Å². The molecule has 1 aliphatic rings. The predicted molar refractivity (Wildman–Crippen MR) is 67.9 cm³/mol. The zero-order valence-electron chi connectivity index (χ0n) is 12.0. The maximum atomic E-state index is 12.7. The van der Waals surface area contributed by atoms with Crippen LogP contribution in [0.1, 0.15) is 46.5 Å². The summed E-state index contributed by atoms with van der Waals surface area (Å²) in [5, 5.41) is 2.63. The largest absolute Gasteiger partial charge is 0.406 e. The summed E-state index contributed by atoms with van der Waals surface area (Å²) in [5.74, 6) is -1.11. The van der Waals surface area contributed by atoms with Crippen molar-refractivity contribution < 1.29 is 22.8 Å². The molecule has 4 nitrogen and oxygen atoms in total. The maximum Gasteiger partial charge on any atom is 0.406 e. The van der Waals surface area contributed by atoms with Crippen molar-refractivity contribution >= 4 is 11.8 Å². The SMILES string of the molecule is CCCC1C(=O)NC(CC)(CC)C(=O)N1CC(F)(F)F. The minimum absolute atomic E-state index is 0.233. The van der Waals surface area contributed by atoms with Gasteiger partial charge < -0.3 is 10.2 Å². The fourth-order valence-corrected chi connectivity index (χ4v) is 2.60. The molecule has 0 saturated carbocycles. The van der Waals surface area contributed by atoms with Gasteiger partial charge in [0.15, 0.2) is 0 Å². The molecule has 1 saturated heterocycles. The van der Waals surface area contributed by atoms with Crippen LogP contribution in [0.15, 0.2) is 0 Å². The fraction of sp³-hybridized carbons (Fsp3) is 0.846. The van der Waals surface area contributed by atoms with Gasteiger partial charge in [-0.1, -0.05) is 27.2 Å². The van der Waals surface area contributed by atoms with Crippen LogP contribution >= 0.6 is 0 Å². The number of carbonyl (C=O) groups is 2. The van der Waals surface area contributed by atoms with Gasteiger partial charge in [-0.3, -0.25) is 9.59 Å². The van der Waals surface area contributed by atoms with Crippen molar-refractivity contribution in [3.63, 3.8) is 0 Å². The Morgan fingerprint density at radius 3 is 2.15 bits per heavy atom. The Bertz CT molecular complexity index is 378. The molecule has 1 fully saturated rings. The summed E-state index contributed by atoms with van der Waals surface area (Å²) < 4.78 is 38.1. The Morgan fingerprint density at radius 2 is 1.75 bits per heavy atom. The number of nitrogens with zero attached hydrogens (tertiary/aromatic N) is 1. The number of piperazine rings is 1. The van der Waals surface area contributed by atoms with Crippen molar-refractivity contribution in [2.75, 3.05) is 6.54 Å². The summed E-state index contributed by atoms with van der Waals surface area (Å²) in [6.45, 7) is 3.78. The van der Waals surface area contributed by atoms with E-state index in [2.05, 4.69) is 5.32 Å². The first kappa shape index (κ1) is 16.8. The van der Waals surface area contributed by atoms with Gasteiger partial charge in [-0.05, 0) is 19.3 Å². The molecule has 7 heteroatoms. The third kappa shape index (κ3) is 3.24. The molecule has 1 N–H and O–H groups in total. The van der Waals surface area contributed by atoms with Crippen LogP contribution in [-0.4, -0.2) is 41.0 Å². The molecule has 0 radical (unpaired) electrons. The van der Waals surface area contributed by atoms with Gasteiger partial charge in [-0.25, -0.2) is 0 Å². The van der Waals surface area contributed by atoms with Gasteiger partial charge in [0.1, 0.15) is 18.1 Å². The molecule has 0 aliphatic carbocycles. The van der Waals surface area contributed by atoms with E-state index >= 15 is 0 Å². The third-order valence-electron chi connectivity index (χ3n) is 3.83. The minimum Gasteiger partial charge on any atom is -0.340 e. The lowest BCUT2D eigenvalue weighted by Crippen LogP contribution is -2.70.